The van der Waals surface area contributed by atoms with Crippen molar-refractivity contribution in [1.29, 1.82) is 0 Å². The molecule has 1 aliphatic rings. The first-order valence-corrected chi connectivity index (χ1v) is 5.89. The molecule has 1 aliphatic heterocycles. The third-order valence-corrected chi connectivity index (χ3v) is 3.24. The van der Waals surface area contributed by atoms with Crippen LogP contribution in [-0.2, 0) is 0 Å². The van der Waals surface area contributed by atoms with Crippen LogP contribution in [0.15, 0.2) is 22.7 Å². The molecule has 0 amide bonds. The van der Waals surface area contributed by atoms with Crippen molar-refractivity contribution in [1.82, 2.24) is 10.6 Å². The minimum atomic E-state index is -0.147. The summed E-state index contributed by atoms with van der Waals surface area (Å²) in [6.45, 7) is 3.88. The summed E-state index contributed by atoms with van der Waals surface area (Å²) in [5.41, 5.74) is 0.726. The van der Waals surface area contributed by atoms with Gasteiger partial charge in [-0.25, -0.2) is 4.39 Å². The highest BCUT2D eigenvalue weighted by atomic mass is 79.9. The topological polar surface area (TPSA) is 24.1 Å². The van der Waals surface area contributed by atoms with Crippen molar-refractivity contribution in [3.8, 4) is 0 Å². The van der Waals surface area contributed by atoms with Crippen molar-refractivity contribution in [2.45, 2.75) is 19.0 Å². The van der Waals surface area contributed by atoms with Crippen LogP contribution in [0.25, 0.3) is 0 Å². The Balaban J connectivity index is 2.30. The van der Waals surface area contributed by atoms with Crippen molar-refractivity contribution < 1.29 is 4.39 Å². The largest absolute Gasteiger partial charge is 0.311 e. The highest BCUT2D eigenvalue weighted by Crippen LogP contribution is 2.25. The van der Waals surface area contributed by atoms with Crippen molar-refractivity contribution in [3.05, 3.63) is 34.1 Å². The monoisotopic (exact) mass is 272 g/mol. The average Bonchev–Trinajstić information content (AvgIpc) is 2.23. The van der Waals surface area contributed by atoms with Crippen LogP contribution in [0.1, 0.15) is 18.5 Å². The molecule has 0 aromatic heterocycles. The number of hydrogen-bond acceptors (Lipinski definition) is 2. The van der Waals surface area contributed by atoms with Gasteiger partial charge in [-0.2, -0.15) is 0 Å². The Morgan fingerprint density at radius 2 is 2.07 bits per heavy atom. The highest BCUT2D eigenvalue weighted by molar-refractivity contribution is 9.10. The number of benzene rings is 1. The summed E-state index contributed by atoms with van der Waals surface area (Å²) in [7, 11) is 0. The van der Waals surface area contributed by atoms with Gasteiger partial charge in [0, 0.05) is 29.2 Å². The van der Waals surface area contributed by atoms with Crippen molar-refractivity contribution >= 4 is 15.9 Å². The zero-order chi connectivity index (χ0) is 10.8. The second-order valence-electron chi connectivity index (χ2n) is 3.84. The standard InChI is InChI=1S/C11H14BrFN2/c1-7-11(15-5-4-14-7)9-6-8(12)2-3-10(9)13/h2-3,6-7,11,14-15H,4-5H2,1H3. The fourth-order valence-corrected chi connectivity index (χ4v) is 2.33. The Labute approximate surface area is 97.4 Å². The molecule has 1 aromatic rings. The summed E-state index contributed by atoms with van der Waals surface area (Å²) < 4.78 is 14.6. The van der Waals surface area contributed by atoms with Gasteiger partial charge in [-0.1, -0.05) is 15.9 Å². The van der Waals surface area contributed by atoms with Crippen LogP contribution in [0.3, 0.4) is 0 Å². The van der Waals surface area contributed by atoms with E-state index in [2.05, 4.69) is 33.5 Å². The lowest BCUT2D eigenvalue weighted by Gasteiger charge is -2.31. The molecule has 2 atom stereocenters. The lowest BCUT2D eigenvalue weighted by atomic mass is 9.98. The van der Waals surface area contributed by atoms with Crippen LogP contribution in [0.4, 0.5) is 4.39 Å². The van der Waals surface area contributed by atoms with E-state index in [9.17, 15) is 4.39 Å². The molecule has 15 heavy (non-hydrogen) atoms. The second kappa shape index (κ2) is 4.60. The molecule has 2 rings (SSSR count). The summed E-state index contributed by atoms with van der Waals surface area (Å²) in [6, 6.07) is 5.37. The first-order chi connectivity index (χ1) is 7.18. The van der Waals surface area contributed by atoms with Crippen molar-refractivity contribution in [2.24, 2.45) is 0 Å². The summed E-state index contributed by atoms with van der Waals surface area (Å²) in [5.74, 6) is -0.147. The van der Waals surface area contributed by atoms with Gasteiger partial charge in [0.15, 0.2) is 0 Å². The molecule has 0 saturated carbocycles. The maximum atomic E-state index is 13.6. The molecular formula is C11H14BrFN2. The van der Waals surface area contributed by atoms with Gasteiger partial charge in [-0.3, -0.25) is 0 Å². The van der Waals surface area contributed by atoms with Crippen LogP contribution in [-0.4, -0.2) is 19.1 Å². The van der Waals surface area contributed by atoms with Crippen molar-refractivity contribution in [3.63, 3.8) is 0 Å². The summed E-state index contributed by atoms with van der Waals surface area (Å²) in [6.07, 6.45) is 0. The minimum absolute atomic E-state index is 0.0521. The first-order valence-electron chi connectivity index (χ1n) is 5.10. The Bertz CT molecular complexity index is 356. The molecular weight excluding hydrogens is 259 g/mol. The number of hydrogen-bond donors (Lipinski definition) is 2. The van der Waals surface area contributed by atoms with E-state index in [0.717, 1.165) is 23.1 Å². The molecule has 1 fully saturated rings. The lowest BCUT2D eigenvalue weighted by Crippen LogP contribution is -2.49. The SMILES string of the molecule is CC1NCCNC1c1cc(Br)ccc1F. The lowest BCUT2D eigenvalue weighted by molar-refractivity contribution is 0.337. The zero-order valence-corrected chi connectivity index (χ0v) is 10.1. The molecule has 0 bridgehead atoms. The predicted molar refractivity (Wildman–Crippen MR) is 62.3 cm³/mol. The molecule has 1 aromatic carbocycles. The van der Waals surface area contributed by atoms with Gasteiger partial charge in [0.2, 0.25) is 0 Å². The fraction of sp³-hybridized carbons (Fsp3) is 0.455. The molecule has 1 saturated heterocycles. The van der Waals surface area contributed by atoms with Gasteiger partial charge < -0.3 is 10.6 Å². The van der Waals surface area contributed by atoms with Gasteiger partial charge in [0.05, 0.1) is 6.04 Å². The van der Waals surface area contributed by atoms with Crippen LogP contribution in [0.2, 0.25) is 0 Å². The van der Waals surface area contributed by atoms with Crippen LogP contribution >= 0.6 is 15.9 Å². The Kier molecular flexibility index (Phi) is 3.38. The Hall–Kier alpha value is -0.450. The Morgan fingerprint density at radius 3 is 2.80 bits per heavy atom. The van der Waals surface area contributed by atoms with E-state index in [1.54, 1.807) is 6.07 Å². The van der Waals surface area contributed by atoms with Crippen LogP contribution in [0.5, 0.6) is 0 Å². The molecule has 2 unspecified atom stereocenters. The smallest absolute Gasteiger partial charge is 0.128 e. The van der Waals surface area contributed by atoms with Gasteiger partial charge in [-0.05, 0) is 25.1 Å². The van der Waals surface area contributed by atoms with Gasteiger partial charge in [-0.15, -0.1) is 0 Å². The molecule has 2 nitrogen and oxygen atoms in total. The normalized spacial score (nSPS) is 26.6. The number of piperazine rings is 1. The third-order valence-electron chi connectivity index (χ3n) is 2.75. The van der Waals surface area contributed by atoms with Gasteiger partial charge >= 0.3 is 0 Å². The van der Waals surface area contributed by atoms with E-state index in [4.69, 9.17) is 0 Å². The van der Waals surface area contributed by atoms with Gasteiger partial charge in [0.1, 0.15) is 5.82 Å². The molecule has 82 valence electrons. The molecule has 2 N–H and O–H groups in total. The predicted octanol–water partition coefficient (Wildman–Crippen LogP) is 2.21. The number of nitrogens with one attached hydrogen (secondary N) is 2. The van der Waals surface area contributed by atoms with E-state index < -0.39 is 0 Å². The van der Waals surface area contributed by atoms with E-state index in [1.165, 1.54) is 6.07 Å². The van der Waals surface area contributed by atoms with Crippen LogP contribution < -0.4 is 10.6 Å². The van der Waals surface area contributed by atoms with E-state index in [-0.39, 0.29) is 17.9 Å². The molecule has 4 heteroatoms. The number of rotatable bonds is 1. The summed E-state index contributed by atoms with van der Waals surface area (Å²) in [5, 5.41) is 6.66. The van der Waals surface area contributed by atoms with Crippen LogP contribution in [0, 0.1) is 5.82 Å². The second-order valence-corrected chi connectivity index (χ2v) is 4.76. The van der Waals surface area contributed by atoms with Gasteiger partial charge in [0.25, 0.3) is 0 Å². The zero-order valence-electron chi connectivity index (χ0n) is 8.56. The molecule has 0 aliphatic carbocycles. The minimum Gasteiger partial charge on any atom is -0.311 e. The summed E-state index contributed by atoms with van der Waals surface area (Å²) in [4.78, 5) is 0. The fourth-order valence-electron chi connectivity index (χ4n) is 1.95. The van der Waals surface area contributed by atoms with E-state index in [0.29, 0.717) is 0 Å². The molecule has 0 spiro atoms. The van der Waals surface area contributed by atoms with E-state index in [1.807, 2.05) is 6.07 Å². The highest BCUT2D eigenvalue weighted by Gasteiger charge is 2.24. The van der Waals surface area contributed by atoms with Crippen molar-refractivity contribution in [2.75, 3.05) is 13.1 Å². The number of halogens is 2. The quantitative estimate of drug-likeness (QED) is 0.819. The maximum Gasteiger partial charge on any atom is 0.128 e. The first kappa shape index (κ1) is 11.0. The average molecular weight is 273 g/mol. The maximum absolute atomic E-state index is 13.6. The molecule has 1 heterocycles. The Morgan fingerprint density at radius 1 is 1.33 bits per heavy atom. The summed E-state index contributed by atoms with van der Waals surface area (Å²) >= 11 is 3.37. The molecule has 0 radical (unpaired) electrons. The third kappa shape index (κ3) is 2.38. The van der Waals surface area contributed by atoms with E-state index >= 15 is 0 Å².